The van der Waals surface area contributed by atoms with Gasteiger partial charge in [-0.3, -0.25) is 14.0 Å². The topological polar surface area (TPSA) is 86.9 Å². The summed E-state index contributed by atoms with van der Waals surface area (Å²) in [6.45, 7) is 9.15. The Balaban J connectivity index is 1.49. The van der Waals surface area contributed by atoms with Crippen molar-refractivity contribution in [2.45, 2.75) is 46.6 Å². The lowest BCUT2D eigenvalue weighted by molar-refractivity contribution is -0.124. The van der Waals surface area contributed by atoms with Crippen molar-refractivity contribution in [3.8, 4) is 11.5 Å². The lowest BCUT2D eigenvalue weighted by atomic mass is 10.1. The van der Waals surface area contributed by atoms with Crippen LogP contribution in [-0.2, 0) is 11.2 Å². The van der Waals surface area contributed by atoms with E-state index in [0.717, 1.165) is 15.8 Å². The van der Waals surface area contributed by atoms with E-state index in [1.54, 1.807) is 11.3 Å². The van der Waals surface area contributed by atoms with Gasteiger partial charge in [0.25, 0.3) is 5.56 Å². The van der Waals surface area contributed by atoms with E-state index in [2.05, 4.69) is 10.4 Å². The van der Waals surface area contributed by atoms with Gasteiger partial charge >= 0.3 is 0 Å². The first-order valence-corrected chi connectivity index (χ1v) is 12.5. The number of hydrogen-bond acceptors (Lipinski definition) is 6. The number of thiophene rings is 1. The quantitative estimate of drug-likeness (QED) is 0.367. The van der Waals surface area contributed by atoms with Gasteiger partial charge < -0.3 is 14.8 Å². The lowest BCUT2D eigenvalue weighted by Gasteiger charge is -2.18. The van der Waals surface area contributed by atoms with E-state index in [1.807, 2.05) is 67.8 Å². The largest absolute Gasteiger partial charge is 0.490 e. The summed E-state index contributed by atoms with van der Waals surface area (Å²) in [4.78, 5) is 26.2. The average molecular weight is 483 g/mol. The maximum atomic E-state index is 13.2. The summed E-state index contributed by atoms with van der Waals surface area (Å²) in [6, 6.07) is 8.99. The molecule has 1 amide bonds. The number of nitrogens with one attached hydrogen (secondary N) is 1. The number of hydrogen-bond donors (Lipinski definition) is 1. The van der Waals surface area contributed by atoms with Gasteiger partial charge in [0, 0.05) is 6.54 Å². The Kier molecular flexibility index (Phi) is 7.21. The van der Waals surface area contributed by atoms with Crippen LogP contribution in [0.4, 0.5) is 0 Å². The molecule has 3 heterocycles. The molecule has 0 aliphatic carbocycles. The van der Waals surface area contributed by atoms with Crippen molar-refractivity contribution in [1.82, 2.24) is 19.5 Å². The molecule has 3 aromatic heterocycles. The second kappa shape index (κ2) is 10.3. The number of fused-ring (bicyclic) bond motifs is 3. The molecule has 0 radical (unpaired) electrons. The zero-order chi connectivity index (χ0) is 24.2. The van der Waals surface area contributed by atoms with Crippen molar-refractivity contribution in [2.75, 3.05) is 19.8 Å². The van der Waals surface area contributed by atoms with E-state index in [4.69, 9.17) is 9.47 Å². The van der Waals surface area contributed by atoms with Crippen LogP contribution in [0.2, 0.25) is 0 Å². The summed E-state index contributed by atoms with van der Waals surface area (Å²) in [7, 11) is 0. The summed E-state index contributed by atoms with van der Waals surface area (Å²) >= 11 is 1.58. The fourth-order valence-corrected chi connectivity index (χ4v) is 4.98. The van der Waals surface area contributed by atoms with Gasteiger partial charge in [-0.15, -0.1) is 11.3 Å². The molecule has 0 saturated carbocycles. The zero-order valence-corrected chi connectivity index (χ0v) is 20.8. The summed E-state index contributed by atoms with van der Waals surface area (Å²) in [5, 5.41) is 9.47. The molecule has 0 unspecified atom stereocenters. The number of rotatable bonds is 10. The molecule has 0 aliphatic rings. The third-order valence-corrected chi connectivity index (χ3v) is 6.58. The summed E-state index contributed by atoms with van der Waals surface area (Å²) < 4.78 is 15.5. The number of ether oxygens (including phenoxy) is 2. The zero-order valence-electron chi connectivity index (χ0n) is 20.0. The van der Waals surface area contributed by atoms with E-state index < -0.39 is 6.04 Å². The van der Waals surface area contributed by atoms with E-state index in [-0.39, 0.29) is 11.5 Å². The van der Waals surface area contributed by atoms with Crippen LogP contribution in [0.3, 0.4) is 0 Å². The van der Waals surface area contributed by atoms with Crippen LogP contribution < -0.4 is 20.3 Å². The van der Waals surface area contributed by atoms with Gasteiger partial charge in [-0.1, -0.05) is 13.0 Å². The Hall–Kier alpha value is -3.33. The fourth-order valence-electron chi connectivity index (χ4n) is 4.17. The van der Waals surface area contributed by atoms with E-state index >= 15 is 0 Å². The molecular weight excluding hydrogens is 452 g/mol. The molecule has 0 spiro atoms. The van der Waals surface area contributed by atoms with Crippen LogP contribution in [0.15, 0.2) is 40.5 Å². The van der Waals surface area contributed by atoms with E-state index in [0.29, 0.717) is 55.4 Å². The molecule has 1 N–H and O–H groups in total. The number of carbonyl (C=O) groups is 1. The first-order valence-electron chi connectivity index (χ1n) is 11.6. The molecule has 0 fully saturated rings. The highest BCUT2D eigenvalue weighted by Gasteiger charge is 2.23. The monoisotopic (exact) mass is 482 g/mol. The molecular formula is C25H30N4O4S. The van der Waals surface area contributed by atoms with Crippen molar-refractivity contribution in [3.05, 3.63) is 57.5 Å². The smallest absolute Gasteiger partial charge is 0.291 e. The van der Waals surface area contributed by atoms with Crippen molar-refractivity contribution >= 4 is 33.0 Å². The minimum Gasteiger partial charge on any atom is -0.490 e. The number of carbonyl (C=O) groups excluding carboxylic acids is 1. The van der Waals surface area contributed by atoms with Gasteiger partial charge in [0.2, 0.25) is 5.91 Å². The Bertz CT molecular complexity index is 1370. The SMILES string of the molecule is CCOc1ccc(CCNC(=O)[C@@H](CC)n2nc(C)n3c(cc4sccc43)c2=O)cc1OCC. The number of aryl methyl sites for hydroxylation is 1. The first kappa shape index (κ1) is 23.8. The minimum atomic E-state index is -0.677. The molecule has 8 nitrogen and oxygen atoms in total. The highest BCUT2D eigenvalue weighted by atomic mass is 32.1. The van der Waals surface area contributed by atoms with Crippen LogP contribution in [-0.4, -0.2) is 39.8 Å². The molecule has 0 bridgehead atoms. The Labute approximate surface area is 202 Å². The molecule has 4 rings (SSSR count). The second-order valence-corrected chi connectivity index (χ2v) is 8.89. The van der Waals surface area contributed by atoms with Gasteiger partial charge in [-0.05, 0) is 68.8 Å². The third-order valence-electron chi connectivity index (χ3n) is 5.73. The van der Waals surface area contributed by atoms with Gasteiger partial charge in [-0.2, -0.15) is 5.10 Å². The predicted octanol–water partition coefficient (Wildman–Crippen LogP) is 4.13. The van der Waals surface area contributed by atoms with Gasteiger partial charge in [-0.25, -0.2) is 4.68 Å². The number of aromatic nitrogens is 3. The second-order valence-electron chi connectivity index (χ2n) is 7.94. The van der Waals surface area contributed by atoms with Crippen molar-refractivity contribution in [2.24, 2.45) is 0 Å². The third kappa shape index (κ3) is 4.52. The van der Waals surface area contributed by atoms with Gasteiger partial charge in [0.05, 0.1) is 23.4 Å². The molecule has 1 atom stereocenters. The van der Waals surface area contributed by atoms with Gasteiger partial charge in [0.15, 0.2) is 11.5 Å². The highest BCUT2D eigenvalue weighted by Crippen LogP contribution is 2.29. The molecule has 180 valence electrons. The number of amides is 1. The summed E-state index contributed by atoms with van der Waals surface area (Å²) in [5.41, 5.74) is 2.27. The minimum absolute atomic E-state index is 0.217. The lowest BCUT2D eigenvalue weighted by Crippen LogP contribution is -2.40. The number of nitrogens with zero attached hydrogens (tertiary/aromatic N) is 3. The van der Waals surface area contributed by atoms with Crippen LogP contribution in [0, 0.1) is 6.92 Å². The van der Waals surface area contributed by atoms with Crippen molar-refractivity contribution in [1.29, 1.82) is 0 Å². The average Bonchev–Trinajstić information content (AvgIpc) is 3.41. The van der Waals surface area contributed by atoms with Crippen LogP contribution in [0.5, 0.6) is 11.5 Å². The maximum Gasteiger partial charge on any atom is 0.291 e. The molecule has 0 saturated heterocycles. The molecule has 0 aliphatic heterocycles. The van der Waals surface area contributed by atoms with Crippen LogP contribution in [0.1, 0.15) is 44.6 Å². The normalized spacial score (nSPS) is 12.2. The Morgan fingerprint density at radius 3 is 2.59 bits per heavy atom. The number of benzene rings is 1. The molecule has 1 aromatic carbocycles. The van der Waals surface area contributed by atoms with Crippen LogP contribution >= 0.6 is 11.3 Å². The van der Waals surface area contributed by atoms with Gasteiger partial charge in [0.1, 0.15) is 17.4 Å². The van der Waals surface area contributed by atoms with E-state index in [1.165, 1.54) is 4.68 Å². The molecule has 4 aromatic rings. The van der Waals surface area contributed by atoms with Crippen LogP contribution in [0.25, 0.3) is 15.7 Å². The molecule has 34 heavy (non-hydrogen) atoms. The Morgan fingerprint density at radius 1 is 1.09 bits per heavy atom. The first-order chi connectivity index (χ1) is 16.5. The van der Waals surface area contributed by atoms with E-state index in [9.17, 15) is 9.59 Å². The predicted molar refractivity (Wildman–Crippen MR) is 134 cm³/mol. The molecule has 9 heteroatoms. The van der Waals surface area contributed by atoms with Crippen molar-refractivity contribution in [3.63, 3.8) is 0 Å². The highest BCUT2D eigenvalue weighted by molar-refractivity contribution is 7.17. The fraction of sp³-hybridized carbons (Fsp3) is 0.400. The van der Waals surface area contributed by atoms with Crippen molar-refractivity contribution < 1.29 is 14.3 Å². The summed E-state index contributed by atoms with van der Waals surface area (Å²) in [5.74, 6) is 1.87. The summed E-state index contributed by atoms with van der Waals surface area (Å²) in [6.07, 6.45) is 1.09. The maximum absolute atomic E-state index is 13.2. The Morgan fingerprint density at radius 2 is 1.85 bits per heavy atom. The standard InChI is InChI=1S/C25H30N4O4S/c1-5-18(29-25(31)20-15-23-19(11-13-34-23)28(20)16(4)27-29)24(30)26-12-10-17-8-9-21(32-6-2)22(14-17)33-7-3/h8-9,11,13-15,18H,5-7,10,12H2,1-4H3,(H,26,30)/t18-/m1/s1.